The minimum absolute atomic E-state index is 0.468. The summed E-state index contributed by atoms with van der Waals surface area (Å²) in [4.78, 5) is 2.55. The van der Waals surface area contributed by atoms with Crippen LogP contribution in [0.25, 0.3) is 0 Å². The van der Waals surface area contributed by atoms with E-state index in [4.69, 9.17) is 9.47 Å². The molecule has 0 bridgehead atoms. The zero-order valence-corrected chi connectivity index (χ0v) is 11.7. The molecule has 2 aliphatic rings. The lowest BCUT2D eigenvalue weighted by Crippen LogP contribution is -2.44. The van der Waals surface area contributed by atoms with E-state index in [0.717, 1.165) is 38.6 Å². The molecule has 0 spiro atoms. The molecule has 2 unspecified atom stereocenters. The van der Waals surface area contributed by atoms with Gasteiger partial charge >= 0.3 is 0 Å². The molecule has 1 saturated heterocycles. The highest BCUT2D eigenvalue weighted by Gasteiger charge is 2.32. The fourth-order valence-corrected chi connectivity index (χ4v) is 3.17. The van der Waals surface area contributed by atoms with Gasteiger partial charge in [-0.15, -0.1) is 0 Å². The Morgan fingerprint density at radius 3 is 2.84 bits per heavy atom. The minimum atomic E-state index is 0.468. The van der Waals surface area contributed by atoms with Crippen molar-refractivity contribution >= 4 is 5.69 Å². The van der Waals surface area contributed by atoms with Gasteiger partial charge in [0, 0.05) is 31.4 Å². The highest BCUT2D eigenvalue weighted by molar-refractivity contribution is 5.57. The molecule has 19 heavy (non-hydrogen) atoms. The van der Waals surface area contributed by atoms with Gasteiger partial charge in [0.2, 0.25) is 0 Å². The lowest BCUT2D eigenvalue weighted by molar-refractivity contribution is 0.00415. The molecule has 2 atom stereocenters. The molecule has 3 rings (SSSR count). The molecule has 1 aromatic carbocycles. The number of hydrogen-bond donors (Lipinski definition) is 1. The predicted molar refractivity (Wildman–Crippen MR) is 75.8 cm³/mol. The first-order valence-electron chi connectivity index (χ1n) is 7.03. The molecule has 4 nitrogen and oxygen atoms in total. The summed E-state index contributed by atoms with van der Waals surface area (Å²) in [6, 6.07) is 6.80. The van der Waals surface area contributed by atoms with Crippen molar-refractivity contribution in [2.75, 3.05) is 45.3 Å². The molecule has 104 valence electrons. The molecule has 0 aromatic heterocycles. The van der Waals surface area contributed by atoms with Gasteiger partial charge in [0.05, 0.1) is 20.3 Å². The summed E-state index contributed by atoms with van der Waals surface area (Å²) >= 11 is 0. The second kappa shape index (κ2) is 5.39. The number of hydrogen-bond acceptors (Lipinski definition) is 4. The first-order chi connectivity index (χ1) is 9.29. The van der Waals surface area contributed by atoms with E-state index in [-0.39, 0.29) is 0 Å². The van der Waals surface area contributed by atoms with Crippen LogP contribution in [0.15, 0.2) is 18.2 Å². The predicted octanol–water partition coefficient (Wildman–Crippen LogP) is 2.13. The standard InChI is InChI=1S/C15H22N2O2/c1-11-10-16-14-4-3-12(18-2)9-13(14)15(11)17-5-7-19-8-6-17/h3-4,9,11,15-16H,5-8,10H2,1-2H3. The van der Waals surface area contributed by atoms with Crippen molar-refractivity contribution in [1.29, 1.82) is 0 Å². The zero-order valence-electron chi connectivity index (χ0n) is 11.7. The van der Waals surface area contributed by atoms with Gasteiger partial charge in [-0.25, -0.2) is 0 Å². The van der Waals surface area contributed by atoms with Gasteiger partial charge in [0.15, 0.2) is 0 Å². The van der Waals surface area contributed by atoms with E-state index in [2.05, 4.69) is 29.3 Å². The summed E-state index contributed by atoms with van der Waals surface area (Å²) in [6.45, 7) is 7.07. The maximum atomic E-state index is 5.48. The Morgan fingerprint density at radius 1 is 1.32 bits per heavy atom. The molecule has 1 N–H and O–H groups in total. The van der Waals surface area contributed by atoms with Gasteiger partial charge in [-0.3, -0.25) is 4.90 Å². The average Bonchev–Trinajstić information content (AvgIpc) is 2.47. The quantitative estimate of drug-likeness (QED) is 0.885. The van der Waals surface area contributed by atoms with Gasteiger partial charge in [-0.05, 0) is 29.7 Å². The van der Waals surface area contributed by atoms with Crippen molar-refractivity contribution in [3.63, 3.8) is 0 Å². The summed E-state index contributed by atoms with van der Waals surface area (Å²) < 4.78 is 10.9. The lowest BCUT2D eigenvalue weighted by Gasteiger charge is -2.42. The van der Waals surface area contributed by atoms with E-state index < -0.39 is 0 Å². The molecular weight excluding hydrogens is 240 g/mol. The highest BCUT2D eigenvalue weighted by atomic mass is 16.5. The third kappa shape index (κ3) is 2.42. The summed E-state index contributed by atoms with van der Waals surface area (Å²) in [7, 11) is 1.73. The van der Waals surface area contributed by atoms with Crippen LogP contribution in [0, 0.1) is 5.92 Å². The SMILES string of the molecule is COc1ccc2c(c1)C(N1CCOCC1)C(C)CN2. The van der Waals surface area contributed by atoms with Crippen LogP contribution in [-0.4, -0.2) is 44.9 Å². The molecule has 1 aromatic rings. The molecule has 2 aliphatic heterocycles. The van der Waals surface area contributed by atoms with Crippen molar-refractivity contribution in [3.05, 3.63) is 23.8 Å². The lowest BCUT2D eigenvalue weighted by atomic mass is 9.88. The summed E-state index contributed by atoms with van der Waals surface area (Å²) in [6.07, 6.45) is 0. The Labute approximate surface area is 114 Å². The number of morpholine rings is 1. The monoisotopic (exact) mass is 262 g/mol. The maximum absolute atomic E-state index is 5.48. The van der Waals surface area contributed by atoms with Crippen LogP contribution < -0.4 is 10.1 Å². The normalized spacial score (nSPS) is 27.5. The Bertz CT molecular complexity index is 444. The number of nitrogens with zero attached hydrogens (tertiary/aromatic N) is 1. The van der Waals surface area contributed by atoms with Crippen molar-refractivity contribution < 1.29 is 9.47 Å². The molecule has 0 radical (unpaired) electrons. The molecule has 4 heteroatoms. The molecule has 1 fully saturated rings. The maximum Gasteiger partial charge on any atom is 0.119 e. The van der Waals surface area contributed by atoms with E-state index in [1.165, 1.54) is 11.3 Å². The smallest absolute Gasteiger partial charge is 0.119 e. The van der Waals surface area contributed by atoms with Crippen LogP contribution in [0.4, 0.5) is 5.69 Å². The second-order valence-electron chi connectivity index (χ2n) is 5.40. The molecular formula is C15H22N2O2. The third-order valence-corrected chi connectivity index (χ3v) is 4.17. The Kier molecular flexibility index (Phi) is 3.62. The summed E-state index contributed by atoms with van der Waals surface area (Å²) in [5.74, 6) is 1.53. The summed E-state index contributed by atoms with van der Waals surface area (Å²) in [5.41, 5.74) is 2.61. The van der Waals surface area contributed by atoms with E-state index in [0.29, 0.717) is 12.0 Å². The average molecular weight is 262 g/mol. The number of benzene rings is 1. The van der Waals surface area contributed by atoms with Crippen molar-refractivity contribution in [2.24, 2.45) is 5.92 Å². The van der Waals surface area contributed by atoms with Crippen LogP contribution >= 0.6 is 0 Å². The largest absolute Gasteiger partial charge is 0.497 e. The van der Waals surface area contributed by atoms with Crippen LogP contribution in [0.3, 0.4) is 0 Å². The van der Waals surface area contributed by atoms with Crippen LogP contribution in [0.1, 0.15) is 18.5 Å². The van der Waals surface area contributed by atoms with Gasteiger partial charge in [0.25, 0.3) is 0 Å². The van der Waals surface area contributed by atoms with Crippen LogP contribution in [0.2, 0.25) is 0 Å². The van der Waals surface area contributed by atoms with E-state index in [1.54, 1.807) is 7.11 Å². The Morgan fingerprint density at radius 2 is 2.11 bits per heavy atom. The van der Waals surface area contributed by atoms with Gasteiger partial charge in [-0.2, -0.15) is 0 Å². The number of rotatable bonds is 2. The fraction of sp³-hybridized carbons (Fsp3) is 0.600. The van der Waals surface area contributed by atoms with E-state index in [9.17, 15) is 0 Å². The van der Waals surface area contributed by atoms with Crippen molar-refractivity contribution in [2.45, 2.75) is 13.0 Å². The number of fused-ring (bicyclic) bond motifs is 1. The molecule has 0 aliphatic carbocycles. The first kappa shape index (κ1) is 12.8. The highest BCUT2D eigenvalue weighted by Crippen LogP contribution is 2.39. The van der Waals surface area contributed by atoms with Crippen molar-refractivity contribution in [1.82, 2.24) is 4.90 Å². The first-order valence-corrected chi connectivity index (χ1v) is 7.03. The van der Waals surface area contributed by atoms with Crippen LogP contribution in [-0.2, 0) is 4.74 Å². The van der Waals surface area contributed by atoms with Crippen molar-refractivity contribution in [3.8, 4) is 5.75 Å². The molecule has 0 saturated carbocycles. The topological polar surface area (TPSA) is 33.7 Å². The third-order valence-electron chi connectivity index (χ3n) is 4.17. The molecule has 2 heterocycles. The number of nitrogens with one attached hydrogen (secondary N) is 1. The summed E-state index contributed by atoms with van der Waals surface area (Å²) in [5, 5.41) is 3.52. The second-order valence-corrected chi connectivity index (χ2v) is 5.40. The zero-order chi connectivity index (χ0) is 13.2. The number of anilines is 1. The molecule has 0 amide bonds. The van der Waals surface area contributed by atoms with Gasteiger partial charge in [0.1, 0.15) is 5.75 Å². The van der Waals surface area contributed by atoms with Gasteiger partial charge < -0.3 is 14.8 Å². The Hall–Kier alpha value is -1.26. The minimum Gasteiger partial charge on any atom is -0.497 e. The van der Waals surface area contributed by atoms with E-state index >= 15 is 0 Å². The van der Waals surface area contributed by atoms with Crippen LogP contribution in [0.5, 0.6) is 5.75 Å². The number of ether oxygens (including phenoxy) is 2. The van der Waals surface area contributed by atoms with Gasteiger partial charge in [-0.1, -0.05) is 6.92 Å². The fourth-order valence-electron chi connectivity index (χ4n) is 3.17. The van der Waals surface area contributed by atoms with E-state index in [1.807, 2.05) is 6.07 Å². The Balaban J connectivity index is 1.94. The number of methoxy groups -OCH3 is 1.